The average Bonchev–Trinajstić information content (AvgIpc) is 2.35. The number of hydrogen-bond donors (Lipinski definition) is 2. The molecule has 1 atom stereocenters. The number of carbonyl (C=O) groups is 1. The van der Waals surface area contributed by atoms with Crippen LogP contribution < -0.4 is 15.8 Å². The number of nitrogens with one attached hydrogen (secondary N) is 1. The molecule has 100 valence electrons. The molecule has 1 aromatic carbocycles. The molecule has 1 rings (SSSR count). The Morgan fingerprint density at radius 2 is 2.00 bits per heavy atom. The summed E-state index contributed by atoms with van der Waals surface area (Å²) in [6, 6.07) is 4.85. The van der Waals surface area contributed by atoms with Crippen LogP contribution in [0.3, 0.4) is 0 Å². The van der Waals surface area contributed by atoms with Crippen molar-refractivity contribution in [2.45, 2.75) is 19.9 Å². The zero-order valence-electron chi connectivity index (χ0n) is 11.2. The van der Waals surface area contributed by atoms with Crippen LogP contribution in [0.2, 0.25) is 0 Å². The minimum Gasteiger partial charge on any atom is -0.497 e. The van der Waals surface area contributed by atoms with Crippen LogP contribution in [0.15, 0.2) is 18.2 Å². The van der Waals surface area contributed by atoms with Crippen molar-refractivity contribution in [1.29, 1.82) is 0 Å². The summed E-state index contributed by atoms with van der Waals surface area (Å²) < 4.78 is 9.84. The van der Waals surface area contributed by atoms with E-state index < -0.39 is 6.04 Å². The molecule has 0 aliphatic carbocycles. The SMILES string of the molecule is COC(=O)C(Nc1ccc(OC)cc1N)C(C)C. The molecular weight excluding hydrogens is 232 g/mol. The first-order chi connectivity index (χ1) is 8.49. The molecule has 0 radical (unpaired) electrons. The average molecular weight is 252 g/mol. The Hall–Kier alpha value is -1.91. The van der Waals surface area contributed by atoms with Gasteiger partial charge in [-0.15, -0.1) is 0 Å². The highest BCUT2D eigenvalue weighted by molar-refractivity contribution is 5.81. The fraction of sp³-hybridized carbons (Fsp3) is 0.462. The van der Waals surface area contributed by atoms with Gasteiger partial charge in [0, 0.05) is 6.07 Å². The van der Waals surface area contributed by atoms with Crippen LogP contribution >= 0.6 is 0 Å². The predicted octanol–water partition coefficient (Wildman–Crippen LogP) is 1.89. The number of methoxy groups -OCH3 is 2. The molecule has 0 spiro atoms. The molecule has 0 fully saturated rings. The Kier molecular flexibility index (Phi) is 4.83. The van der Waals surface area contributed by atoms with Crippen molar-refractivity contribution >= 4 is 17.3 Å². The van der Waals surface area contributed by atoms with Gasteiger partial charge in [0.05, 0.1) is 25.6 Å². The monoisotopic (exact) mass is 252 g/mol. The van der Waals surface area contributed by atoms with Gasteiger partial charge < -0.3 is 20.5 Å². The van der Waals surface area contributed by atoms with Crippen LogP contribution in [0.25, 0.3) is 0 Å². The quantitative estimate of drug-likeness (QED) is 0.618. The summed E-state index contributed by atoms with van der Waals surface area (Å²) in [6.07, 6.45) is 0. The summed E-state index contributed by atoms with van der Waals surface area (Å²) in [6.45, 7) is 3.88. The number of benzene rings is 1. The van der Waals surface area contributed by atoms with Crippen molar-refractivity contribution in [3.8, 4) is 5.75 Å². The lowest BCUT2D eigenvalue weighted by Crippen LogP contribution is -2.35. The molecule has 0 aromatic heterocycles. The van der Waals surface area contributed by atoms with E-state index in [1.165, 1.54) is 7.11 Å². The van der Waals surface area contributed by atoms with Gasteiger partial charge in [-0.05, 0) is 18.1 Å². The van der Waals surface area contributed by atoms with E-state index in [2.05, 4.69) is 5.32 Å². The van der Waals surface area contributed by atoms with Gasteiger partial charge in [-0.1, -0.05) is 13.8 Å². The zero-order valence-corrected chi connectivity index (χ0v) is 11.2. The topological polar surface area (TPSA) is 73.6 Å². The van der Waals surface area contributed by atoms with E-state index in [4.69, 9.17) is 15.2 Å². The number of nitrogens with two attached hydrogens (primary N) is 1. The van der Waals surface area contributed by atoms with Crippen LogP contribution in [-0.4, -0.2) is 26.2 Å². The first-order valence-corrected chi connectivity index (χ1v) is 5.77. The summed E-state index contributed by atoms with van der Waals surface area (Å²) in [5.74, 6) is 0.469. The largest absolute Gasteiger partial charge is 0.497 e. The van der Waals surface area contributed by atoms with Crippen LogP contribution in [0.4, 0.5) is 11.4 Å². The molecule has 0 heterocycles. The Morgan fingerprint density at radius 1 is 1.33 bits per heavy atom. The van der Waals surface area contributed by atoms with E-state index in [1.807, 2.05) is 13.8 Å². The molecule has 0 bridgehead atoms. The minimum atomic E-state index is -0.425. The number of esters is 1. The summed E-state index contributed by atoms with van der Waals surface area (Å²) in [5, 5.41) is 3.09. The molecule has 0 aliphatic heterocycles. The van der Waals surface area contributed by atoms with Crippen molar-refractivity contribution in [2.24, 2.45) is 5.92 Å². The molecule has 0 aliphatic rings. The highest BCUT2D eigenvalue weighted by Crippen LogP contribution is 2.25. The number of ether oxygens (including phenoxy) is 2. The number of anilines is 2. The van der Waals surface area contributed by atoms with Crippen molar-refractivity contribution in [3.05, 3.63) is 18.2 Å². The molecule has 1 aromatic rings. The lowest BCUT2D eigenvalue weighted by molar-refractivity contribution is -0.142. The van der Waals surface area contributed by atoms with Gasteiger partial charge in [0.15, 0.2) is 0 Å². The lowest BCUT2D eigenvalue weighted by Gasteiger charge is -2.22. The van der Waals surface area contributed by atoms with Gasteiger partial charge in [-0.2, -0.15) is 0 Å². The third-order valence-electron chi connectivity index (χ3n) is 2.69. The van der Waals surface area contributed by atoms with Crippen molar-refractivity contribution in [3.63, 3.8) is 0 Å². The number of nitrogen functional groups attached to an aromatic ring is 1. The Morgan fingerprint density at radius 3 is 2.44 bits per heavy atom. The maximum absolute atomic E-state index is 11.6. The summed E-state index contributed by atoms with van der Waals surface area (Å²) in [7, 11) is 2.95. The number of hydrogen-bond acceptors (Lipinski definition) is 5. The lowest BCUT2D eigenvalue weighted by atomic mass is 10.0. The second kappa shape index (κ2) is 6.14. The summed E-state index contributed by atoms with van der Waals surface area (Å²) in [5.41, 5.74) is 7.12. The smallest absolute Gasteiger partial charge is 0.328 e. The van der Waals surface area contributed by atoms with Gasteiger partial charge in [0.2, 0.25) is 0 Å². The molecule has 5 nitrogen and oxygen atoms in total. The molecule has 18 heavy (non-hydrogen) atoms. The Bertz CT molecular complexity index is 419. The van der Waals surface area contributed by atoms with Crippen LogP contribution in [0.1, 0.15) is 13.8 Å². The van der Waals surface area contributed by atoms with E-state index in [9.17, 15) is 4.79 Å². The minimum absolute atomic E-state index is 0.0963. The highest BCUT2D eigenvalue weighted by atomic mass is 16.5. The van der Waals surface area contributed by atoms with Crippen LogP contribution in [-0.2, 0) is 9.53 Å². The summed E-state index contributed by atoms with van der Waals surface area (Å²) in [4.78, 5) is 11.6. The third-order valence-corrected chi connectivity index (χ3v) is 2.69. The first kappa shape index (κ1) is 14.2. The van der Waals surface area contributed by atoms with Crippen LogP contribution in [0.5, 0.6) is 5.75 Å². The van der Waals surface area contributed by atoms with Crippen molar-refractivity contribution in [2.75, 3.05) is 25.3 Å². The van der Waals surface area contributed by atoms with Gasteiger partial charge in [-0.3, -0.25) is 0 Å². The fourth-order valence-corrected chi connectivity index (χ4v) is 1.59. The normalized spacial score (nSPS) is 12.1. The van der Waals surface area contributed by atoms with Gasteiger partial charge in [0.25, 0.3) is 0 Å². The molecular formula is C13H20N2O3. The summed E-state index contributed by atoms with van der Waals surface area (Å²) >= 11 is 0. The van der Waals surface area contributed by atoms with E-state index >= 15 is 0 Å². The maximum Gasteiger partial charge on any atom is 0.328 e. The third kappa shape index (κ3) is 3.29. The van der Waals surface area contributed by atoms with E-state index in [1.54, 1.807) is 25.3 Å². The fourth-order valence-electron chi connectivity index (χ4n) is 1.59. The maximum atomic E-state index is 11.6. The van der Waals surface area contributed by atoms with E-state index in [0.29, 0.717) is 17.1 Å². The second-order valence-electron chi connectivity index (χ2n) is 4.34. The van der Waals surface area contributed by atoms with Gasteiger partial charge in [-0.25, -0.2) is 4.79 Å². The van der Waals surface area contributed by atoms with Gasteiger partial charge in [0.1, 0.15) is 11.8 Å². The molecule has 3 N–H and O–H groups in total. The number of carbonyl (C=O) groups excluding carboxylic acids is 1. The zero-order chi connectivity index (χ0) is 13.7. The molecule has 5 heteroatoms. The number of rotatable bonds is 5. The molecule has 1 unspecified atom stereocenters. The first-order valence-electron chi connectivity index (χ1n) is 5.77. The van der Waals surface area contributed by atoms with E-state index in [-0.39, 0.29) is 11.9 Å². The highest BCUT2D eigenvalue weighted by Gasteiger charge is 2.23. The Balaban J connectivity index is 2.90. The molecule has 0 amide bonds. The van der Waals surface area contributed by atoms with Crippen molar-refractivity contribution in [1.82, 2.24) is 0 Å². The second-order valence-corrected chi connectivity index (χ2v) is 4.34. The standard InChI is InChI=1S/C13H20N2O3/c1-8(2)12(13(16)18-4)15-11-6-5-9(17-3)7-10(11)14/h5-8,12,15H,14H2,1-4H3. The molecule has 0 saturated carbocycles. The Labute approximate surface area is 107 Å². The van der Waals surface area contributed by atoms with E-state index in [0.717, 1.165) is 0 Å². The van der Waals surface area contributed by atoms with Crippen molar-refractivity contribution < 1.29 is 14.3 Å². The van der Waals surface area contributed by atoms with Gasteiger partial charge >= 0.3 is 5.97 Å². The van der Waals surface area contributed by atoms with Crippen LogP contribution in [0, 0.1) is 5.92 Å². The predicted molar refractivity (Wildman–Crippen MR) is 71.7 cm³/mol. The molecule has 0 saturated heterocycles.